The van der Waals surface area contributed by atoms with Crippen LogP contribution in [0, 0.1) is 10.1 Å². The molecule has 1 heterocycles. The van der Waals surface area contributed by atoms with Crippen molar-refractivity contribution in [2.24, 2.45) is 0 Å². The lowest BCUT2D eigenvalue weighted by Gasteiger charge is -2.11. The van der Waals surface area contributed by atoms with Crippen LogP contribution in [0.15, 0.2) is 54.7 Å². The summed E-state index contributed by atoms with van der Waals surface area (Å²) in [6.07, 6.45) is 1.51. The molecular formula is C20H17ClN4O6. The Morgan fingerprint density at radius 2 is 2.00 bits per heavy atom. The lowest BCUT2D eigenvalue weighted by molar-refractivity contribution is -0.385. The summed E-state index contributed by atoms with van der Waals surface area (Å²) >= 11 is 6.17. The first-order chi connectivity index (χ1) is 14.9. The van der Waals surface area contributed by atoms with Gasteiger partial charge in [-0.05, 0) is 17.7 Å². The van der Waals surface area contributed by atoms with Crippen LogP contribution in [0.4, 0.5) is 11.5 Å². The maximum absolute atomic E-state index is 12.3. The van der Waals surface area contributed by atoms with E-state index < -0.39 is 23.4 Å². The van der Waals surface area contributed by atoms with Crippen molar-refractivity contribution in [2.75, 3.05) is 19.0 Å². The third-order valence-electron chi connectivity index (χ3n) is 4.20. The van der Waals surface area contributed by atoms with Crippen LogP contribution in [0.25, 0.3) is 0 Å². The molecule has 0 bridgehead atoms. The summed E-state index contributed by atoms with van der Waals surface area (Å²) in [6.45, 7) is -0.196. The standard InChI is InChI=1S/C20H17ClN4O6/c1-30-20(27)13-6-7-16(25(28)29)17(10-13)31-12-19(26)23-18-8-9-22-24(18)11-14-4-2-3-5-15(14)21/h2-10H,11-12H2,1H3,(H,23,26). The van der Waals surface area contributed by atoms with Gasteiger partial charge in [0.25, 0.3) is 5.91 Å². The Labute approximate surface area is 181 Å². The van der Waals surface area contributed by atoms with Gasteiger partial charge in [0.15, 0.2) is 12.4 Å². The van der Waals surface area contributed by atoms with Crippen molar-refractivity contribution in [3.8, 4) is 5.75 Å². The molecule has 1 N–H and O–H groups in total. The second-order valence-corrected chi connectivity index (χ2v) is 6.64. The number of esters is 1. The summed E-state index contributed by atoms with van der Waals surface area (Å²) in [5.74, 6) is -1.09. The Balaban J connectivity index is 1.69. The summed E-state index contributed by atoms with van der Waals surface area (Å²) in [6, 6.07) is 12.3. The third-order valence-corrected chi connectivity index (χ3v) is 4.57. The third kappa shape index (κ3) is 5.37. The van der Waals surface area contributed by atoms with Gasteiger partial charge in [0.05, 0.1) is 30.3 Å². The topological polar surface area (TPSA) is 126 Å². The Kier molecular flexibility index (Phi) is 6.83. The van der Waals surface area contributed by atoms with Crippen LogP contribution in [0.3, 0.4) is 0 Å². The van der Waals surface area contributed by atoms with Crippen LogP contribution in [-0.4, -0.2) is 40.3 Å². The molecule has 31 heavy (non-hydrogen) atoms. The number of hydrogen-bond acceptors (Lipinski definition) is 7. The van der Waals surface area contributed by atoms with E-state index in [1.54, 1.807) is 16.8 Å². The van der Waals surface area contributed by atoms with Gasteiger partial charge >= 0.3 is 11.7 Å². The van der Waals surface area contributed by atoms with Crippen molar-refractivity contribution in [1.29, 1.82) is 0 Å². The van der Waals surface area contributed by atoms with Crippen molar-refractivity contribution in [1.82, 2.24) is 9.78 Å². The molecule has 11 heteroatoms. The van der Waals surface area contributed by atoms with Gasteiger partial charge in [-0.1, -0.05) is 29.8 Å². The van der Waals surface area contributed by atoms with E-state index in [0.29, 0.717) is 17.4 Å². The number of halogens is 1. The van der Waals surface area contributed by atoms with E-state index in [9.17, 15) is 19.7 Å². The number of anilines is 1. The van der Waals surface area contributed by atoms with Crippen molar-refractivity contribution in [2.45, 2.75) is 6.54 Å². The lowest BCUT2D eigenvalue weighted by Crippen LogP contribution is -2.22. The van der Waals surface area contributed by atoms with E-state index in [-0.39, 0.29) is 17.0 Å². The molecule has 0 fully saturated rings. The number of rotatable bonds is 8. The quantitative estimate of drug-likeness (QED) is 0.321. The molecule has 0 atom stereocenters. The molecular weight excluding hydrogens is 428 g/mol. The highest BCUT2D eigenvalue weighted by atomic mass is 35.5. The number of nitro benzene ring substituents is 1. The maximum atomic E-state index is 12.3. The zero-order chi connectivity index (χ0) is 22.4. The van der Waals surface area contributed by atoms with Crippen molar-refractivity contribution >= 4 is 35.0 Å². The van der Waals surface area contributed by atoms with Gasteiger partial charge in [-0.25, -0.2) is 9.48 Å². The second-order valence-electron chi connectivity index (χ2n) is 6.23. The number of amides is 1. The largest absolute Gasteiger partial charge is 0.477 e. The van der Waals surface area contributed by atoms with Crippen molar-refractivity contribution in [3.05, 3.63) is 81.0 Å². The highest BCUT2D eigenvalue weighted by molar-refractivity contribution is 6.31. The SMILES string of the molecule is COC(=O)c1ccc([N+](=O)[O-])c(OCC(=O)Nc2ccnn2Cc2ccccc2Cl)c1. The molecule has 10 nitrogen and oxygen atoms in total. The van der Waals surface area contributed by atoms with E-state index in [1.807, 2.05) is 18.2 Å². The van der Waals surface area contributed by atoms with Gasteiger partial charge in [-0.15, -0.1) is 0 Å². The predicted octanol–water partition coefficient (Wildman–Crippen LogP) is 3.30. The number of aromatic nitrogens is 2. The van der Waals surface area contributed by atoms with Crippen LogP contribution in [0.5, 0.6) is 5.75 Å². The molecule has 0 saturated heterocycles. The number of ether oxygens (including phenoxy) is 2. The maximum Gasteiger partial charge on any atom is 0.337 e. The van der Waals surface area contributed by atoms with Gasteiger partial charge < -0.3 is 14.8 Å². The lowest BCUT2D eigenvalue weighted by atomic mass is 10.2. The highest BCUT2D eigenvalue weighted by Gasteiger charge is 2.20. The molecule has 0 aliphatic carbocycles. The molecule has 2 aromatic carbocycles. The Hall–Kier alpha value is -3.92. The van der Waals surface area contributed by atoms with Crippen LogP contribution in [0.1, 0.15) is 15.9 Å². The fraction of sp³-hybridized carbons (Fsp3) is 0.150. The van der Waals surface area contributed by atoms with Gasteiger partial charge in [0, 0.05) is 23.2 Å². The molecule has 1 amide bonds. The Bertz CT molecular complexity index is 1130. The first kappa shape index (κ1) is 21.8. The normalized spacial score (nSPS) is 10.4. The summed E-state index contributed by atoms with van der Waals surface area (Å²) in [5, 5.41) is 18.6. The molecule has 0 unspecified atom stereocenters. The molecule has 3 aromatic rings. The molecule has 0 aliphatic rings. The van der Waals surface area contributed by atoms with E-state index in [1.165, 1.54) is 19.4 Å². The average Bonchev–Trinajstić information content (AvgIpc) is 3.19. The number of carbonyl (C=O) groups is 2. The fourth-order valence-corrected chi connectivity index (χ4v) is 2.90. The van der Waals surface area contributed by atoms with Gasteiger partial charge in [-0.2, -0.15) is 5.10 Å². The minimum Gasteiger partial charge on any atom is -0.477 e. The van der Waals surface area contributed by atoms with Crippen LogP contribution >= 0.6 is 11.6 Å². The number of benzene rings is 2. The van der Waals surface area contributed by atoms with Crippen LogP contribution in [-0.2, 0) is 16.1 Å². The fourth-order valence-electron chi connectivity index (χ4n) is 2.70. The van der Waals surface area contributed by atoms with Gasteiger partial charge in [0.1, 0.15) is 5.82 Å². The summed E-state index contributed by atoms with van der Waals surface area (Å²) < 4.78 is 11.4. The predicted molar refractivity (Wildman–Crippen MR) is 111 cm³/mol. The van der Waals surface area contributed by atoms with Crippen LogP contribution < -0.4 is 10.1 Å². The number of nitrogens with zero attached hydrogens (tertiary/aromatic N) is 3. The summed E-state index contributed by atoms with van der Waals surface area (Å²) in [5.41, 5.74) is 0.486. The number of methoxy groups -OCH3 is 1. The monoisotopic (exact) mass is 444 g/mol. The zero-order valence-electron chi connectivity index (χ0n) is 16.3. The Morgan fingerprint density at radius 3 is 2.71 bits per heavy atom. The van der Waals surface area contributed by atoms with E-state index in [2.05, 4.69) is 15.2 Å². The first-order valence-corrected chi connectivity index (χ1v) is 9.31. The molecule has 1 aromatic heterocycles. The molecule has 0 saturated carbocycles. The molecule has 0 radical (unpaired) electrons. The number of hydrogen-bond donors (Lipinski definition) is 1. The molecule has 160 valence electrons. The van der Waals surface area contributed by atoms with E-state index >= 15 is 0 Å². The van der Waals surface area contributed by atoms with E-state index in [0.717, 1.165) is 17.7 Å². The van der Waals surface area contributed by atoms with Crippen molar-refractivity contribution in [3.63, 3.8) is 0 Å². The summed E-state index contributed by atoms with van der Waals surface area (Å²) in [4.78, 5) is 34.5. The Morgan fingerprint density at radius 1 is 1.23 bits per heavy atom. The second kappa shape index (κ2) is 9.72. The van der Waals surface area contributed by atoms with Gasteiger partial charge in [0.2, 0.25) is 0 Å². The minimum absolute atomic E-state index is 0.0568. The molecule has 0 aliphatic heterocycles. The van der Waals surface area contributed by atoms with Gasteiger partial charge in [-0.3, -0.25) is 14.9 Å². The number of nitrogens with one attached hydrogen (secondary N) is 1. The average molecular weight is 445 g/mol. The number of carbonyl (C=O) groups excluding carboxylic acids is 2. The summed E-state index contributed by atoms with van der Waals surface area (Å²) in [7, 11) is 1.18. The molecule has 3 rings (SSSR count). The number of nitro groups is 1. The molecule has 0 spiro atoms. The van der Waals surface area contributed by atoms with Crippen molar-refractivity contribution < 1.29 is 24.0 Å². The highest BCUT2D eigenvalue weighted by Crippen LogP contribution is 2.28. The minimum atomic E-state index is -0.687. The zero-order valence-corrected chi connectivity index (χ0v) is 17.0. The first-order valence-electron chi connectivity index (χ1n) is 8.93. The van der Waals surface area contributed by atoms with Crippen LogP contribution in [0.2, 0.25) is 5.02 Å². The van der Waals surface area contributed by atoms with E-state index in [4.69, 9.17) is 16.3 Å². The smallest absolute Gasteiger partial charge is 0.337 e.